The molecule has 1 saturated heterocycles. The Morgan fingerprint density at radius 3 is 2.63 bits per heavy atom. The fourth-order valence-corrected chi connectivity index (χ4v) is 3.50. The van der Waals surface area contributed by atoms with E-state index in [9.17, 15) is 9.90 Å². The number of hydrogen-bond acceptors (Lipinski definition) is 2. The van der Waals surface area contributed by atoms with E-state index in [1.807, 2.05) is 4.90 Å². The number of carbonyl (C=O) groups excluding carboxylic acids is 1. The Hall–Kier alpha value is -0.770. The van der Waals surface area contributed by atoms with Gasteiger partial charge in [-0.25, -0.2) is 4.79 Å². The molecule has 3 aliphatic rings. The summed E-state index contributed by atoms with van der Waals surface area (Å²) in [5.41, 5.74) is -0.480. The Morgan fingerprint density at radius 2 is 2.00 bits per heavy atom. The first-order valence-electron chi connectivity index (χ1n) is 7.91. The molecule has 1 unspecified atom stereocenters. The van der Waals surface area contributed by atoms with Crippen molar-refractivity contribution in [3.8, 4) is 0 Å². The van der Waals surface area contributed by atoms with Crippen LogP contribution in [0.2, 0.25) is 0 Å². The Balaban J connectivity index is 1.39. The number of aliphatic hydroxyl groups is 1. The zero-order valence-corrected chi connectivity index (χ0v) is 11.7. The first-order valence-corrected chi connectivity index (χ1v) is 7.91. The standard InChI is InChI=1S/C15H26N2O2/c18-14(16-9-8-15(19)6-2-7-15)17-10-1-3-13(11-17)12-4-5-12/h12-13,19H,1-11H2,(H,16,18). The highest BCUT2D eigenvalue weighted by Crippen LogP contribution is 2.40. The predicted molar refractivity (Wildman–Crippen MR) is 73.8 cm³/mol. The van der Waals surface area contributed by atoms with Crippen molar-refractivity contribution in [2.75, 3.05) is 19.6 Å². The van der Waals surface area contributed by atoms with Crippen molar-refractivity contribution in [2.24, 2.45) is 11.8 Å². The molecular weight excluding hydrogens is 240 g/mol. The molecule has 0 spiro atoms. The maximum Gasteiger partial charge on any atom is 0.317 e. The third-order valence-electron chi connectivity index (χ3n) is 5.18. The van der Waals surface area contributed by atoms with Gasteiger partial charge in [0, 0.05) is 19.6 Å². The number of likely N-dealkylation sites (tertiary alicyclic amines) is 1. The fourth-order valence-electron chi connectivity index (χ4n) is 3.50. The van der Waals surface area contributed by atoms with Crippen LogP contribution in [0.3, 0.4) is 0 Å². The van der Waals surface area contributed by atoms with Crippen LogP contribution in [0.5, 0.6) is 0 Å². The van der Waals surface area contributed by atoms with Gasteiger partial charge in [-0.2, -0.15) is 0 Å². The summed E-state index contributed by atoms with van der Waals surface area (Å²) in [6.45, 7) is 2.46. The van der Waals surface area contributed by atoms with Crippen molar-refractivity contribution in [3.05, 3.63) is 0 Å². The SMILES string of the molecule is O=C(NCCC1(O)CCC1)N1CCCC(C2CC2)C1. The van der Waals surface area contributed by atoms with E-state index in [-0.39, 0.29) is 6.03 Å². The van der Waals surface area contributed by atoms with Crippen LogP contribution in [-0.4, -0.2) is 41.3 Å². The lowest BCUT2D eigenvalue weighted by Crippen LogP contribution is -2.47. The second-order valence-electron chi connectivity index (χ2n) is 6.75. The van der Waals surface area contributed by atoms with Gasteiger partial charge in [0.15, 0.2) is 0 Å². The topological polar surface area (TPSA) is 52.6 Å². The first kappa shape index (κ1) is 13.2. The van der Waals surface area contributed by atoms with E-state index in [0.717, 1.165) is 50.6 Å². The van der Waals surface area contributed by atoms with Gasteiger partial charge in [-0.3, -0.25) is 0 Å². The third-order valence-corrected chi connectivity index (χ3v) is 5.18. The highest BCUT2D eigenvalue weighted by atomic mass is 16.3. The van der Waals surface area contributed by atoms with Crippen LogP contribution in [0, 0.1) is 11.8 Å². The van der Waals surface area contributed by atoms with E-state index in [1.165, 1.54) is 19.3 Å². The zero-order chi connectivity index (χ0) is 13.3. The molecule has 2 saturated carbocycles. The Bertz CT molecular complexity index is 337. The highest BCUT2D eigenvalue weighted by molar-refractivity contribution is 5.74. The summed E-state index contributed by atoms with van der Waals surface area (Å²) in [4.78, 5) is 14.1. The summed E-state index contributed by atoms with van der Waals surface area (Å²) in [5.74, 6) is 1.64. The number of carbonyl (C=O) groups is 1. The first-order chi connectivity index (χ1) is 9.16. The van der Waals surface area contributed by atoms with Gasteiger partial charge in [0.1, 0.15) is 0 Å². The van der Waals surface area contributed by atoms with Gasteiger partial charge in [0.2, 0.25) is 0 Å². The lowest BCUT2D eigenvalue weighted by atomic mass is 9.78. The van der Waals surface area contributed by atoms with E-state index >= 15 is 0 Å². The molecule has 0 radical (unpaired) electrons. The summed E-state index contributed by atoms with van der Waals surface area (Å²) < 4.78 is 0. The van der Waals surface area contributed by atoms with Crippen molar-refractivity contribution in [1.82, 2.24) is 10.2 Å². The molecule has 3 fully saturated rings. The normalized spacial score (nSPS) is 29.7. The Morgan fingerprint density at radius 1 is 1.21 bits per heavy atom. The van der Waals surface area contributed by atoms with Crippen LogP contribution in [0.1, 0.15) is 51.4 Å². The quantitative estimate of drug-likeness (QED) is 0.819. The maximum absolute atomic E-state index is 12.1. The predicted octanol–water partition coefficient (Wildman–Crippen LogP) is 2.12. The van der Waals surface area contributed by atoms with Crippen molar-refractivity contribution in [3.63, 3.8) is 0 Å². The minimum atomic E-state index is -0.480. The van der Waals surface area contributed by atoms with Gasteiger partial charge in [-0.1, -0.05) is 0 Å². The number of rotatable bonds is 4. The molecule has 19 heavy (non-hydrogen) atoms. The van der Waals surface area contributed by atoms with Gasteiger partial charge in [0.25, 0.3) is 0 Å². The van der Waals surface area contributed by atoms with Crippen LogP contribution >= 0.6 is 0 Å². The highest BCUT2D eigenvalue weighted by Gasteiger charge is 2.36. The number of nitrogens with one attached hydrogen (secondary N) is 1. The lowest BCUT2D eigenvalue weighted by Gasteiger charge is -2.37. The van der Waals surface area contributed by atoms with E-state index < -0.39 is 5.60 Å². The van der Waals surface area contributed by atoms with E-state index in [2.05, 4.69) is 5.32 Å². The number of hydrogen-bond donors (Lipinski definition) is 2. The number of piperidine rings is 1. The van der Waals surface area contributed by atoms with E-state index in [4.69, 9.17) is 0 Å². The number of urea groups is 1. The van der Waals surface area contributed by atoms with Crippen LogP contribution in [0.15, 0.2) is 0 Å². The van der Waals surface area contributed by atoms with E-state index in [1.54, 1.807) is 0 Å². The largest absolute Gasteiger partial charge is 0.390 e. The molecule has 3 rings (SSSR count). The van der Waals surface area contributed by atoms with Crippen LogP contribution in [0.4, 0.5) is 4.79 Å². The summed E-state index contributed by atoms with van der Waals surface area (Å²) >= 11 is 0. The second-order valence-corrected chi connectivity index (χ2v) is 6.75. The third kappa shape index (κ3) is 3.22. The second kappa shape index (κ2) is 5.31. The summed E-state index contributed by atoms with van der Waals surface area (Å²) in [7, 11) is 0. The van der Waals surface area contributed by atoms with Gasteiger partial charge < -0.3 is 15.3 Å². The number of nitrogens with zero attached hydrogens (tertiary/aromatic N) is 1. The van der Waals surface area contributed by atoms with Crippen molar-refractivity contribution < 1.29 is 9.90 Å². The Labute approximate surface area is 115 Å². The van der Waals surface area contributed by atoms with Crippen molar-refractivity contribution in [2.45, 2.75) is 57.0 Å². The minimum Gasteiger partial charge on any atom is -0.390 e. The molecular formula is C15H26N2O2. The van der Waals surface area contributed by atoms with Crippen molar-refractivity contribution >= 4 is 6.03 Å². The van der Waals surface area contributed by atoms with Crippen molar-refractivity contribution in [1.29, 1.82) is 0 Å². The average molecular weight is 266 g/mol. The maximum atomic E-state index is 12.1. The molecule has 108 valence electrons. The average Bonchev–Trinajstić information content (AvgIpc) is 3.21. The Kier molecular flexibility index (Phi) is 3.70. The molecule has 4 heteroatoms. The summed E-state index contributed by atoms with van der Waals surface area (Å²) in [6, 6.07) is 0.0771. The van der Waals surface area contributed by atoms with Crippen LogP contribution < -0.4 is 5.32 Å². The van der Waals surface area contributed by atoms with Gasteiger partial charge >= 0.3 is 6.03 Å². The van der Waals surface area contributed by atoms with Gasteiger partial charge in [-0.05, 0) is 63.2 Å². The summed E-state index contributed by atoms with van der Waals surface area (Å²) in [6.07, 6.45) is 8.82. The fraction of sp³-hybridized carbons (Fsp3) is 0.933. The molecule has 2 amide bonds. The van der Waals surface area contributed by atoms with Gasteiger partial charge in [-0.15, -0.1) is 0 Å². The molecule has 2 N–H and O–H groups in total. The molecule has 4 nitrogen and oxygen atoms in total. The molecule has 0 aromatic carbocycles. The number of amides is 2. The summed E-state index contributed by atoms with van der Waals surface area (Å²) in [5, 5.41) is 13.0. The molecule has 1 atom stereocenters. The smallest absolute Gasteiger partial charge is 0.317 e. The molecule has 1 aliphatic heterocycles. The van der Waals surface area contributed by atoms with Crippen LogP contribution in [-0.2, 0) is 0 Å². The zero-order valence-electron chi connectivity index (χ0n) is 11.7. The molecule has 1 heterocycles. The minimum absolute atomic E-state index is 0.0771. The molecule has 0 bridgehead atoms. The molecule has 0 aromatic heterocycles. The monoisotopic (exact) mass is 266 g/mol. The van der Waals surface area contributed by atoms with Crippen LogP contribution in [0.25, 0.3) is 0 Å². The van der Waals surface area contributed by atoms with E-state index in [0.29, 0.717) is 13.0 Å². The molecule has 0 aromatic rings. The lowest BCUT2D eigenvalue weighted by molar-refractivity contribution is -0.0390. The molecule has 2 aliphatic carbocycles. The van der Waals surface area contributed by atoms with Gasteiger partial charge in [0.05, 0.1) is 5.60 Å².